The molecule has 0 radical (unpaired) electrons. The zero-order valence-corrected chi connectivity index (χ0v) is 18.3. The molecule has 1 N–H and O–H groups in total. The third kappa shape index (κ3) is 3.49. The Morgan fingerprint density at radius 3 is 2.13 bits per heavy atom. The molecule has 4 saturated carbocycles. The molecule has 0 amide bonds. The van der Waals surface area contributed by atoms with Crippen molar-refractivity contribution in [2.75, 3.05) is 4.90 Å². The number of hydrogen-bond donors (Lipinski definition) is 1. The van der Waals surface area contributed by atoms with Gasteiger partial charge in [-0.2, -0.15) is 0 Å². The van der Waals surface area contributed by atoms with E-state index in [0.29, 0.717) is 16.8 Å². The molecule has 2 aromatic rings. The molecule has 2 atom stereocenters. The lowest BCUT2D eigenvalue weighted by Gasteiger charge is -2.67. The second-order valence-electron chi connectivity index (χ2n) is 10.9. The van der Waals surface area contributed by atoms with Crippen molar-refractivity contribution < 1.29 is 0 Å². The van der Waals surface area contributed by atoms with Crippen LogP contribution in [0.2, 0.25) is 0 Å². The SMILES string of the molecule is CC12CC3CC(C)(C1)CC(N(C(=N)N=CCc1ccccc1)c1ccccc1)(C3)C2. The lowest BCUT2D eigenvalue weighted by molar-refractivity contribution is -0.103. The molecule has 4 fully saturated rings. The van der Waals surface area contributed by atoms with Gasteiger partial charge in [-0.25, -0.2) is 4.99 Å². The maximum Gasteiger partial charge on any atom is 0.222 e. The normalized spacial score (nSPS) is 34.4. The first-order chi connectivity index (χ1) is 14.4. The lowest BCUT2D eigenvalue weighted by Crippen LogP contribution is -2.66. The van der Waals surface area contributed by atoms with E-state index in [1.807, 2.05) is 12.3 Å². The first-order valence-corrected chi connectivity index (χ1v) is 11.4. The summed E-state index contributed by atoms with van der Waals surface area (Å²) in [7, 11) is 0. The van der Waals surface area contributed by atoms with Crippen molar-refractivity contribution in [3.05, 3.63) is 66.2 Å². The Hall–Kier alpha value is -2.42. The second-order valence-corrected chi connectivity index (χ2v) is 10.9. The van der Waals surface area contributed by atoms with E-state index in [0.717, 1.165) is 18.0 Å². The summed E-state index contributed by atoms with van der Waals surface area (Å²) in [5.41, 5.74) is 3.17. The van der Waals surface area contributed by atoms with Crippen molar-refractivity contribution >= 4 is 17.9 Å². The molecule has 0 aromatic heterocycles. The number of rotatable bonds is 4. The molecule has 0 spiro atoms. The Morgan fingerprint density at radius 2 is 1.53 bits per heavy atom. The van der Waals surface area contributed by atoms with E-state index in [9.17, 15) is 0 Å². The van der Waals surface area contributed by atoms with Gasteiger partial charge in [-0.3, -0.25) is 5.41 Å². The number of para-hydroxylation sites is 1. The standard InChI is InChI=1S/C27H33N3/c1-25-15-22-16-26(2,18-25)20-27(17-22,19-25)30(23-11-7-4-8-12-23)24(28)29-14-13-21-9-5-3-6-10-21/h3-12,14,22,28H,13,15-20H2,1-2H3. The number of nitrogens with zero attached hydrogens (tertiary/aromatic N) is 2. The molecule has 3 nitrogen and oxygen atoms in total. The average molecular weight is 400 g/mol. The highest BCUT2D eigenvalue weighted by molar-refractivity contribution is 5.99. The molecular formula is C27H33N3. The Bertz CT molecular complexity index is 931. The van der Waals surface area contributed by atoms with Crippen molar-refractivity contribution in [1.29, 1.82) is 5.41 Å². The summed E-state index contributed by atoms with van der Waals surface area (Å²) in [6, 6.07) is 20.9. The smallest absolute Gasteiger partial charge is 0.222 e. The van der Waals surface area contributed by atoms with Crippen LogP contribution in [0.3, 0.4) is 0 Å². The molecule has 3 heteroatoms. The predicted octanol–water partition coefficient (Wildman–Crippen LogP) is 6.49. The fourth-order valence-corrected chi connectivity index (χ4v) is 7.74. The van der Waals surface area contributed by atoms with Crippen LogP contribution in [0.4, 0.5) is 5.69 Å². The largest absolute Gasteiger partial charge is 0.305 e. The third-order valence-electron chi connectivity index (χ3n) is 7.68. The Kier molecular flexibility index (Phi) is 4.61. The van der Waals surface area contributed by atoms with Crippen molar-refractivity contribution in [2.45, 2.75) is 64.3 Å². The first kappa shape index (κ1) is 19.5. The van der Waals surface area contributed by atoms with Gasteiger partial charge >= 0.3 is 0 Å². The highest BCUT2D eigenvalue weighted by Gasteiger charge is 2.62. The summed E-state index contributed by atoms with van der Waals surface area (Å²) >= 11 is 0. The zero-order chi connectivity index (χ0) is 20.8. The quantitative estimate of drug-likeness (QED) is 0.463. The topological polar surface area (TPSA) is 39.5 Å². The van der Waals surface area contributed by atoms with E-state index in [-0.39, 0.29) is 5.54 Å². The molecule has 2 aromatic carbocycles. The van der Waals surface area contributed by atoms with Gasteiger partial charge in [0.05, 0.1) is 0 Å². The molecule has 156 valence electrons. The lowest BCUT2D eigenvalue weighted by atomic mass is 9.42. The van der Waals surface area contributed by atoms with E-state index in [1.165, 1.54) is 44.1 Å². The zero-order valence-electron chi connectivity index (χ0n) is 18.3. The number of nitrogens with one attached hydrogen (secondary N) is 1. The van der Waals surface area contributed by atoms with Crippen molar-refractivity contribution in [1.82, 2.24) is 0 Å². The van der Waals surface area contributed by atoms with Gasteiger partial charge in [-0.1, -0.05) is 62.4 Å². The van der Waals surface area contributed by atoms with Crippen LogP contribution in [0, 0.1) is 22.2 Å². The van der Waals surface area contributed by atoms with Crippen molar-refractivity contribution in [3.63, 3.8) is 0 Å². The number of guanidine groups is 1. The van der Waals surface area contributed by atoms with Crippen LogP contribution in [0.15, 0.2) is 65.7 Å². The number of benzene rings is 2. The Morgan fingerprint density at radius 1 is 0.933 bits per heavy atom. The van der Waals surface area contributed by atoms with Crippen LogP contribution >= 0.6 is 0 Å². The minimum Gasteiger partial charge on any atom is -0.305 e. The molecule has 4 aliphatic carbocycles. The van der Waals surface area contributed by atoms with Gasteiger partial charge in [0.1, 0.15) is 0 Å². The molecule has 6 rings (SSSR count). The maximum atomic E-state index is 9.04. The fraction of sp³-hybridized carbons (Fsp3) is 0.481. The van der Waals surface area contributed by atoms with Crippen LogP contribution in [-0.2, 0) is 6.42 Å². The number of anilines is 1. The summed E-state index contributed by atoms with van der Waals surface area (Å²) in [4.78, 5) is 6.98. The monoisotopic (exact) mass is 399 g/mol. The van der Waals surface area contributed by atoms with Gasteiger partial charge in [-0.05, 0) is 73.0 Å². The first-order valence-electron chi connectivity index (χ1n) is 11.4. The summed E-state index contributed by atoms with van der Waals surface area (Å²) < 4.78 is 0. The molecule has 0 aliphatic heterocycles. The summed E-state index contributed by atoms with van der Waals surface area (Å²) in [5.74, 6) is 1.18. The van der Waals surface area contributed by atoms with Crippen molar-refractivity contribution in [2.24, 2.45) is 21.7 Å². The van der Waals surface area contributed by atoms with Gasteiger partial charge in [0.25, 0.3) is 0 Å². The van der Waals surface area contributed by atoms with E-state index in [1.54, 1.807) is 0 Å². The number of aliphatic imine (C=N–C) groups is 1. The predicted molar refractivity (Wildman–Crippen MR) is 125 cm³/mol. The Labute approximate surface area is 180 Å². The average Bonchev–Trinajstić information content (AvgIpc) is 2.67. The second kappa shape index (κ2) is 7.08. The van der Waals surface area contributed by atoms with Crippen LogP contribution < -0.4 is 4.90 Å². The van der Waals surface area contributed by atoms with E-state index in [4.69, 9.17) is 5.41 Å². The minimum absolute atomic E-state index is 0.0193. The van der Waals surface area contributed by atoms with E-state index >= 15 is 0 Å². The highest BCUT2D eigenvalue weighted by Crippen LogP contribution is 2.68. The van der Waals surface area contributed by atoms with E-state index < -0.39 is 0 Å². The van der Waals surface area contributed by atoms with E-state index in [2.05, 4.69) is 78.3 Å². The minimum atomic E-state index is 0.0193. The molecule has 30 heavy (non-hydrogen) atoms. The maximum absolute atomic E-state index is 9.04. The van der Waals surface area contributed by atoms with Gasteiger partial charge in [0.15, 0.2) is 0 Å². The summed E-state index contributed by atoms with van der Waals surface area (Å²) in [6.45, 7) is 4.99. The fourth-order valence-electron chi connectivity index (χ4n) is 7.74. The third-order valence-corrected chi connectivity index (χ3v) is 7.68. The highest BCUT2D eigenvalue weighted by atomic mass is 15.3. The van der Waals surface area contributed by atoms with Crippen LogP contribution in [0.25, 0.3) is 0 Å². The molecule has 2 unspecified atom stereocenters. The molecule has 0 saturated heterocycles. The summed E-state index contributed by atoms with van der Waals surface area (Å²) in [6.07, 6.45) is 10.3. The van der Waals surface area contributed by atoms with Gasteiger partial charge in [0.2, 0.25) is 5.96 Å². The van der Waals surface area contributed by atoms with Crippen LogP contribution in [0.1, 0.15) is 57.9 Å². The van der Waals surface area contributed by atoms with Crippen LogP contribution in [-0.4, -0.2) is 17.7 Å². The van der Waals surface area contributed by atoms with Crippen molar-refractivity contribution in [3.8, 4) is 0 Å². The summed E-state index contributed by atoms with van der Waals surface area (Å²) in [5, 5.41) is 9.04. The number of hydrogen-bond acceptors (Lipinski definition) is 1. The van der Waals surface area contributed by atoms with Crippen LogP contribution in [0.5, 0.6) is 0 Å². The molecule has 4 aliphatic rings. The Balaban J connectivity index is 1.48. The molecule has 0 heterocycles. The molecule has 4 bridgehead atoms. The van der Waals surface area contributed by atoms with Gasteiger partial charge < -0.3 is 4.90 Å². The molecular weight excluding hydrogens is 366 g/mol. The van der Waals surface area contributed by atoms with Gasteiger partial charge in [0, 0.05) is 23.9 Å². The van der Waals surface area contributed by atoms with Gasteiger partial charge in [-0.15, -0.1) is 0 Å².